The van der Waals surface area contributed by atoms with Gasteiger partial charge in [0.1, 0.15) is 5.40 Å². The van der Waals surface area contributed by atoms with E-state index in [2.05, 4.69) is 15.5 Å². The molecule has 2 rings (SSSR count). The zero-order valence-corrected chi connectivity index (χ0v) is 9.49. The number of hydrogen-bond acceptors (Lipinski definition) is 4. The van der Waals surface area contributed by atoms with Crippen LogP contribution in [-0.4, -0.2) is 16.1 Å². The van der Waals surface area contributed by atoms with E-state index in [-0.39, 0.29) is 5.91 Å². The number of rotatable bonds is 3. The molecule has 0 unspecified atom stereocenters. The molecule has 0 saturated carbocycles. The van der Waals surface area contributed by atoms with E-state index in [1.165, 1.54) is 12.4 Å². The maximum absolute atomic E-state index is 11.7. The van der Waals surface area contributed by atoms with Crippen molar-refractivity contribution in [3.8, 4) is 5.40 Å². The van der Waals surface area contributed by atoms with Gasteiger partial charge in [-0.05, 0) is 36.0 Å². The largest absolute Gasteiger partial charge is 0.322 e. The van der Waals surface area contributed by atoms with Crippen LogP contribution < -0.4 is 5.32 Å². The smallest absolute Gasteiger partial charge is 0.258 e. The number of carbonyl (C=O) groups excluding carboxylic acids is 1. The summed E-state index contributed by atoms with van der Waals surface area (Å²) in [5, 5.41) is 19.5. The molecule has 1 amide bonds. The van der Waals surface area contributed by atoms with E-state index < -0.39 is 0 Å². The van der Waals surface area contributed by atoms with Crippen molar-refractivity contribution in [2.45, 2.75) is 4.90 Å². The number of anilines is 1. The van der Waals surface area contributed by atoms with Crippen molar-refractivity contribution in [3.05, 3.63) is 42.2 Å². The second kappa shape index (κ2) is 5.18. The summed E-state index contributed by atoms with van der Waals surface area (Å²) in [6.45, 7) is 0. The molecular weight excluding hydrogens is 236 g/mol. The van der Waals surface area contributed by atoms with Crippen LogP contribution in [-0.2, 0) is 0 Å². The fourth-order valence-corrected chi connectivity index (χ4v) is 1.61. The summed E-state index contributed by atoms with van der Waals surface area (Å²) in [7, 11) is 0. The number of nitrogens with one attached hydrogen (secondary N) is 2. The molecule has 0 radical (unpaired) electrons. The van der Waals surface area contributed by atoms with Crippen molar-refractivity contribution in [3.63, 3.8) is 0 Å². The van der Waals surface area contributed by atoms with E-state index in [1.807, 2.05) is 5.40 Å². The van der Waals surface area contributed by atoms with E-state index in [9.17, 15) is 4.79 Å². The molecule has 0 saturated heterocycles. The van der Waals surface area contributed by atoms with Gasteiger partial charge in [-0.2, -0.15) is 10.4 Å². The predicted octanol–water partition coefficient (Wildman–Crippen LogP) is 2.24. The first-order valence-corrected chi connectivity index (χ1v) is 5.57. The van der Waals surface area contributed by atoms with Gasteiger partial charge in [-0.15, -0.1) is 0 Å². The van der Waals surface area contributed by atoms with Gasteiger partial charge in [0.15, 0.2) is 0 Å². The fourth-order valence-electron chi connectivity index (χ4n) is 1.24. The minimum Gasteiger partial charge on any atom is -0.322 e. The number of thioether (sulfide) groups is 1. The number of aromatic amines is 1. The Morgan fingerprint density at radius 2 is 2.18 bits per heavy atom. The maximum atomic E-state index is 11.7. The standard InChI is InChI=1S/C11H8N4OS/c12-7-17-10-3-1-9(2-4-10)15-11(16)8-5-13-14-6-8/h1-6H,(H,13,14)(H,15,16). The highest BCUT2D eigenvalue weighted by Gasteiger charge is 2.06. The van der Waals surface area contributed by atoms with E-state index in [1.54, 1.807) is 24.3 Å². The van der Waals surface area contributed by atoms with Crippen molar-refractivity contribution in [1.82, 2.24) is 10.2 Å². The molecule has 0 spiro atoms. The lowest BCUT2D eigenvalue weighted by Gasteiger charge is -2.03. The lowest BCUT2D eigenvalue weighted by atomic mass is 10.3. The number of aromatic nitrogens is 2. The van der Waals surface area contributed by atoms with Gasteiger partial charge >= 0.3 is 0 Å². The quantitative estimate of drug-likeness (QED) is 0.640. The van der Waals surface area contributed by atoms with Gasteiger partial charge in [0.25, 0.3) is 5.91 Å². The van der Waals surface area contributed by atoms with E-state index >= 15 is 0 Å². The summed E-state index contributed by atoms with van der Waals surface area (Å²) in [5.74, 6) is -0.223. The van der Waals surface area contributed by atoms with Crippen molar-refractivity contribution in [2.75, 3.05) is 5.32 Å². The summed E-state index contributed by atoms with van der Waals surface area (Å²) < 4.78 is 0. The van der Waals surface area contributed by atoms with Gasteiger partial charge in [-0.1, -0.05) is 0 Å². The maximum Gasteiger partial charge on any atom is 0.258 e. The molecule has 0 atom stereocenters. The van der Waals surface area contributed by atoms with Crippen molar-refractivity contribution in [2.24, 2.45) is 0 Å². The monoisotopic (exact) mass is 244 g/mol. The molecule has 0 fully saturated rings. The van der Waals surface area contributed by atoms with Crippen molar-refractivity contribution in [1.29, 1.82) is 5.26 Å². The number of H-pyrrole nitrogens is 1. The number of carbonyl (C=O) groups is 1. The van der Waals surface area contributed by atoms with Gasteiger partial charge in [0, 0.05) is 16.8 Å². The molecule has 0 aliphatic heterocycles. The molecule has 0 aliphatic rings. The zero-order valence-electron chi connectivity index (χ0n) is 8.68. The molecule has 2 N–H and O–H groups in total. The highest BCUT2D eigenvalue weighted by atomic mass is 32.2. The average Bonchev–Trinajstić information content (AvgIpc) is 2.86. The van der Waals surface area contributed by atoms with Crippen LogP contribution in [0.25, 0.3) is 0 Å². The summed E-state index contributed by atoms with van der Waals surface area (Å²) in [6.07, 6.45) is 2.98. The molecule has 0 bridgehead atoms. The molecular formula is C11H8N4OS. The molecule has 0 aliphatic carbocycles. The van der Waals surface area contributed by atoms with E-state index in [4.69, 9.17) is 5.26 Å². The minimum atomic E-state index is -0.223. The molecule has 1 heterocycles. The summed E-state index contributed by atoms with van der Waals surface area (Å²) in [5.41, 5.74) is 1.15. The molecule has 84 valence electrons. The van der Waals surface area contributed by atoms with Crippen molar-refractivity contribution >= 4 is 23.4 Å². The van der Waals surface area contributed by atoms with Gasteiger partial charge in [-0.3, -0.25) is 9.89 Å². The molecule has 1 aromatic heterocycles. The highest BCUT2D eigenvalue weighted by Crippen LogP contribution is 2.19. The summed E-state index contributed by atoms with van der Waals surface area (Å²) in [6, 6.07) is 7.05. The summed E-state index contributed by atoms with van der Waals surface area (Å²) in [4.78, 5) is 12.5. The van der Waals surface area contributed by atoms with Gasteiger partial charge < -0.3 is 5.32 Å². The topological polar surface area (TPSA) is 81.6 Å². The third-order valence-corrected chi connectivity index (χ3v) is 2.64. The van der Waals surface area contributed by atoms with Crippen LogP contribution in [0.1, 0.15) is 10.4 Å². The van der Waals surface area contributed by atoms with Gasteiger partial charge in [0.2, 0.25) is 0 Å². The molecule has 17 heavy (non-hydrogen) atoms. The van der Waals surface area contributed by atoms with Crippen LogP contribution >= 0.6 is 11.8 Å². The molecule has 1 aromatic carbocycles. The molecule has 5 nitrogen and oxygen atoms in total. The van der Waals surface area contributed by atoms with E-state index in [0.717, 1.165) is 16.7 Å². The number of benzene rings is 1. The van der Waals surface area contributed by atoms with Gasteiger partial charge in [-0.25, -0.2) is 0 Å². The Kier molecular flexibility index (Phi) is 3.43. The second-order valence-corrected chi connectivity index (χ2v) is 4.02. The Morgan fingerprint density at radius 1 is 1.41 bits per heavy atom. The number of nitrogens with zero attached hydrogens (tertiary/aromatic N) is 2. The number of thiocyanates is 1. The Labute approximate surface area is 102 Å². The highest BCUT2D eigenvalue weighted by molar-refractivity contribution is 8.03. The Bertz CT molecular complexity index is 542. The second-order valence-electron chi connectivity index (χ2n) is 3.16. The van der Waals surface area contributed by atoms with E-state index in [0.29, 0.717) is 11.3 Å². The van der Waals surface area contributed by atoms with Crippen LogP contribution in [0, 0.1) is 10.7 Å². The lowest BCUT2D eigenvalue weighted by Crippen LogP contribution is -2.10. The Morgan fingerprint density at radius 3 is 2.76 bits per heavy atom. The van der Waals surface area contributed by atoms with Crippen LogP contribution in [0.15, 0.2) is 41.6 Å². The molecule has 2 aromatic rings. The lowest BCUT2D eigenvalue weighted by molar-refractivity contribution is 0.102. The molecule has 6 heteroatoms. The third kappa shape index (κ3) is 2.86. The SMILES string of the molecule is N#CSc1ccc(NC(=O)c2cn[nH]c2)cc1. The normalized spacial score (nSPS) is 9.59. The zero-order chi connectivity index (χ0) is 12.1. The Balaban J connectivity index is 2.05. The fraction of sp³-hybridized carbons (Fsp3) is 0. The number of amides is 1. The first-order chi connectivity index (χ1) is 8.29. The summed E-state index contributed by atoms with van der Waals surface area (Å²) >= 11 is 1.08. The first-order valence-electron chi connectivity index (χ1n) is 4.76. The first kappa shape index (κ1) is 11.2. The van der Waals surface area contributed by atoms with Crippen LogP contribution in [0.5, 0.6) is 0 Å². The van der Waals surface area contributed by atoms with Gasteiger partial charge in [0.05, 0.1) is 11.8 Å². The Hall–Kier alpha value is -2.26. The predicted molar refractivity (Wildman–Crippen MR) is 64.5 cm³/mol. The number of nitriles is 1. The van der Waals surface area contributed by atoms with Crippen molar-refractivity contribution < 1.29 is 4.79 Å². The van der Waals surface area contributed by atoms with Crippen LogP contribution in [0.4, 0.5) is 5.69 Å². The van der Waals surface area contributed by atoms with Crippen LogP contribution in [0.3, 0.4) is 0 Å². The minimum absolute atomic E-state index is 0.223. The average molecular weight is 244 g/mol. The van der Waals surface area contributed by atoms with Crippen LogP contribution in [0.2, 0.25) is 0 Å². The number of hydrogen-bond donors (Lipinski definition) is 2. The third-order valence-electron chi connectivity index (χ3n) is 2.04.